The molecule has 3 rings (SSSR count). The van der Waals surface area contributed by atoms with Crippen LogP contribution in [-0.2, 0) is 4.79 Å². The molecule has 3 N–H and O–H groups in total. The first-order chi connectivity index (χ1) is 9.66. The first-order valence-electron chi connectivity index (χ1n) is 5.96. The molecule has 8 heteroatoms. The summed E-state index contributed by atoms with van der Waals surface area (Å²) < 4.78 is 0. The summed E-state index contributed by atoms with van der Waals surface area (Å²) in [6.45, 7) is -0.0728. The lowest BCUT2D eigenvalue weighted by Gasteiger charge is -2.33. The van der Waals surface area contributed by atoms with Crippen molar-refractivity contribution in [1.29, 1.82) is 0 Å². The molecule has 2 aliphatic heterocycles. The lowest BCUT2D eigenvalue weighted by atomic mass is 10.2. The first-order valence-corrected chi connectivity index (χ1v) is 5.96. The van der Waals surface area contributed by atoms with Gasteiger partial charge in [0.15, 0.2) is 5.84 Å². The van der Waals surface area contributed by atoms with E-state index in [0.717, 1.165) is 5.56 Å². The van der Waals surface area contributed by atoms with E-state index in [9.17, 15) is 9.59 Å². The number of carbonyl (C=O) groups excluding carboxylic acids is 2. The minimum atomic E-state index is -0.783. The van der Waals surface area contributed by atoms with Gasteiger partial charge in [-0.1, -0.05) is 30.3 Å². The van der Waals surface area contributed by atoms with Gasteiger partial charge in [0.2, 0.25) is 12.2 Å². The number of urea groups is 1. The zero-order valence-corrected chi connectivity index (χ0v) is 10.4. The third-order valence-corrected chi connectivity index (χ3v) is 3.01. The second-order valence-electron chi connectivity index (χ2n) is 4.32. The van der Waals surface area contributed by atoms with Crippen molar-refractivity contribution in [2.45, 2.75) is 6.29 Å². The van der Waals surface area contributed by atoms with Crippen LogP contribution in [0.15, 0.2) is 40.3 Å². The molecule has 8 nitrogen and oxygen atoms in total. The van der Waals surface area contributed by atoms with Crippen molar-refractivity contribution in [3.63, 3.8) is 0 Å². The minimum absolute atomic E-state index is 0.0728. The Hall–Kier alpha value is -2.74. The van der Waals surface area contributed by atoms with E-state index in [2.05, 4.69) is 15.3 Å². The third kappa shape index (κ3) is 2.01. The van der Waals surface area contributed by atoms with Crippen LogP contribution in [0.4, 0.5) is 4.79 Å². The first kappa shape index (κ1) is 12.3. The van der Waals surface area contributed by atoms with E-state index in [1.54, 1.807) is 0 Å². The summed E-state index contributed by atoms with van der Waals surface area (Å²) in [5.74, 6) is 6.11. The highest BCUT2D eigenvalue weighted by molar-refractivity contribution is 6.05. The number of imide groups is 1. The minimum Gasteiger partial charge on any atom is -0.276 e. The summed E-state index contributed by atoms with van der Waals surface area (Å²) in [6, 6.07) is 8.79. The highest BCUT2D eigenvalue weighted by Gasteiger charge is 2.37. The van der Waals surface area contributed by atoms with E-state index in [-0.39, 0.29) is 12.5 Å². The van der Waals surface area contributed by atoms with Crippen molar-refractivity contribution in [2.24, 2.45) is 15.8 Å². The Bertz CT molecular complexity index is 612. The maximum Gasteiger partial charge on any atom is 0.327 e. The van der Waals surface area contributed by atoms with Gasteiger partial charge in [-0.3, -0.25) is 20.0 Å². The predicted octanol–water partition coefficient (Wildman–Crippen LogP) is -0.514. The van der Waals surface area contributed by atoms with Crippen LogP contribution < -0.4 is 11.2 Å². The molecule has 3 amide bonds. The highest BCUT2D eigenvalue weighted by atomic mass is 16.2. The number of hydrazine groups is 1. The lowest BCUT2D eigenvalue weighted by molar-refractivity contribution is -0.118. The van der Waals surface area contributed by atoms with Crippen LogP contribution in [0.3, 0.4) is 0 Å². The number of aliphatic imine (C=N–C) groups is 2. The Kier molecular flexibility index (Phi) is 2.92. The molecule has 102 valence electrons. The Balaban J connectivity index is 1.87. The summed E-state index contributed by atoms with van der Waals surface area (Å²) in [6.07, 6.45) is 0.557. The van der Waals surface area contributed by atoms with Crippen LogP contribution in [-0.4, -0.2) is 46.9 Å². The van der Waals surface area contributed by atoms with E-state index in [0.29, 0.717) is 5.84 Å². The Morgan fingerprint density at radius 2 is 2.00 bits per heavy atom. The molecule has 1 atom stereocenters. The Morgan fingerprint density at radius 1 is 1.25 bits per heavy atom. The number of amides is 3. The average Bonchev–Trinajstić information content (AvgIpc) is 2.79. The molecular formula is C12H12N6O2. The molecule has 0 aromatic heterocycles. The van der Waals surface area contributed by atoms with E-state index < -0.39 is 12.3 Å². The van der Waals surface area contributed by atoms with Crippen molar-refractivity contribution >= 4 is 24.1 Å². The molecule has 0 saturated carbocycles. The molecule has 2 heterocycles. The van der Waals surface area contributed by atoms with Crippen molar-refractivity contribution in [3.8, 4) is 0 Å². The number of nitrogens with zero attached hydrogens (tertiary/aromatic N) is 4. The van der Waals surface area contributed by atoms with Crippen LogP contribution in [0.5, 0.6) is 0 Å². The van der Waals surface area contributed by atoms with E-state index in [1.165, 1.54) is 16.2 Å². The number of amidine groups is 1. The molecule has 1 saturated heterocycles. The average molecular weight is 272 g/mol. The SMILES string of the molecule is NN1C(c2ccccc2)=NC=NC1N1CC(=O)NC1=O. The molecular weight excluding hydrogens is 260 g/mol. The molecule has 1 unspecified atom stereocenters. The van der Waals surface area contributed by atoms with E-state index in [4.69, 9.17) is 5.84 Å². The standard InChI is InChI=1S/C12H12N6O2/c13-18-10(8-4-2-1-3-5-8)14-7-15-11(18)17-6-9(19)16-12(17)20/h1-5,7,11H,6,13H2,(H,16,19,20). The molecule has 20 heavy (non-hydrogen) atoms. The van der Waals surface area contributed by atoms with Gasteiger partial charge in [-0.2, -0.15) is 0 Å². The second kappa shape index (κ2) is 4.74. The van der Waals surface area contributed by atoms with Gasteiger partial charge in [-0.25, -0.2) is 20.6 Å². The van der Waals surface area contributed by atoms with Crippen LogP contribution in [0.25, 0.3) is 0 Å². The summed E-state index contributed by atoms with van der Waals surface area (Å²) in [7, 11) is 0. The Labute approximate surface area is 114 Å². The number of benzene rings is 1. The summed E-state index contributed by atoms with van der Waals surface area (Å²) in [4.78, 5) is 32.4. The van der Waals surface area contributed by atoms with Gasteiger partial charge < -0.3 is 0 Å². The number of rotatable bonds is 2. The molecule has 0 aliphatic carbocycles. The maximum absolute atomic E-state index is 11.7. The predicted molar refractivity (Wildman–Crippen MR) is 71.5 cm³/mol. The van der Waals surface area contributed by atoms with Crippen LogP contribution >= 0.6 is 0 Å². The number of nitrogens with two attached hydrogens (primary N) is 1. The van der Waals surface area contributed by atoms with E-state index in [1.807, 2.05) is 30.3 Å². The number of carbonyl (C=O) groups is 2. The fourth-order valence-corrected chi connectivity index (χ4v) is 2.08. The van der Waals surface area contributed by atoms with Gasteiger partial charge in [-0.15, -0.1) is 0 Å². The topological polar surface area (TPSA) is 103 Å². The van der Waals surface area contributed by atoms with Gasteiger partial charge in [0.25, 0.3) is 0 Å². The lowest BCUT2D eigenvalue weighted by Crippen LogP contribution is -2.56. The maximum atomic E-state index is 11.7. The van der Waals surface area contributed by atoms with Gasteiger partial charge in [0, 0.05) is 5.56 Å². The molecule has 1 aromatic rings. The second-order valence-corrected chi connectivity index (χ2v) is 4.32. The summed E-state index contributed by atoms with van der Waals surface area (Å²) in [5, 5.41) is 3.46. The molecule has 2 aliphatic rings. The van der Waals surface area contributed by atoms with Crippen LogP contribution in [0.1, 0.15) is 5.56 Å². The summed E-state index contributed by atoms with van der Waals surface area (Å²) in [5.41, 5.74) is 0.803. The number of hydrogen-bond acceptors (Lipinski definition) is 6. The van der Waals surface area contributed by atoms with Gasteiger partial charge in [-0.05, 0) is 0 Å². The van der Waals surface area contributed by atoms with E-state index >= 15 is 0 Å². The van der Waals surface area contributed by atoms with Crippen LogP contribution in [0.2, 0.25) is 0 Å². The monoisotopic (exact) mass is 272 g/mol. The van der Waals surface area contributed by atoms with Gasteiger partial charge >= 0.3 is 6.03 Å². The largest absolute Gasteiger partial charge is 0.327 e. The smallest absolute Gasteiger partial charge is 0.276 e. The molecule has 1 fully saturated rings. The number of hydrogen-bond donors (Lipinski definition) is 2. The molecule has 0 bridgehead atoms. The molecule has 1 aromatic carbocycles. The van der Waals surface area contributed by atoms with Crippen LogP contribution in [0, 0.1) is 0 Å². The fraction of sp³-hybridized carbons (Fsp3) is 0.167. The molecule has 0 radical (unpaired) electrons. The van der Waals surface area contributed by atoms with Crippen molar-refractivity contribution < 1.29 is 9.59 Å². The van der Waals surface area contributed by atoms with Crippen molar-refractivity contribution in [1.82, 2.24) is 15.2 Å². The van der Waals surface area contributed by atoms with Gasteiger partial charge in [0.1, 0.15) is 12.9 Å². The quantitative estimate of drug-likeness (QED) is 0.558. The fourth-order valence-electron chi connectivity index (χ4n) is 2.08. The summed E-state index contributed by atoms with van der Waals surface area (Å²) >= 11 is 0. The zero-order chi connectivity index (χ0) is 14.1. The Morgan fingerprint density at radius 3 is 2.65 bits per heavy atom. The van der Waals surface area contributed by atoms with Crippen molar-refractivity contribution in [3.05, 3.63) is 35.9 Å². The highest BCUT2D eigenvalue weighted by Crippen LogP contribution is 2.15. The number of nitrogens with one attached hydrogen (secondary N) is 1. The normalized spacial score (nSPS) is 22.1. The zero-order valence-electron chi connectivity index (χ0n) is 10.4. The van der Waals surface area contributed by atoms with Gasteiger partial charge in [0.05, 0.1) is 0 Å². The van der Waals surface area contributed by atoms with Crippen molar-refractivity contribution in [2.75, 3.05) is 6.54 Å². The third-order valence-electron chi connectivity index (χ3n) is 3.01. The molecule has 0 spiro atoms.